The van der Waals surface area contributed by atoms with E-state index in [0.717, 1.165) is 17.2 Å². The maximum absolute atomic E-state index is 12.1. The van der Waals surface area contributed by atoms with Gasteiger partial charge in [-0.25, -0.2) is 0 Å². The average Bonchev–Trinajstić information content (AvgIpc) is 3.07. The summed E-state index contributed by atoms with van der Waals surface area (Å²) < 4.78 is 1.54. The van der Waals surface area contributed by atoms with Gasteiger partial charge in [0.15, 0.2) is 0 Å². The van der Waals surface area contributed by atoms with Gasteiger partial charge in [-0.2, -0.15) is 0 Å². The van der Waals surface area contributed by atoms with Crippen molar-refractivity contribution in [2.24, 2.45) is 0 Å². The highest BCUT2D eigenvalue weighted by Gasteiger charge is 2.22. The summed E-state index contributed by atoms with van der Waals surface area (Å²) in [5.41, 5.74) is 1.31. The summed E-state index contributed by atoms with van der Waals surface area (Å²) in [6, 6.07) is 10.3. The van der Waals surface area contributed by atoms with E-state index in [1.165, 1.54) is 10.6 Å². The number of nitrogens with zero attached hydrogens (tertiary/aromatic N) is 1. The molecule has 5 nitrogen and oxygen atoms in total. The standard InChI is InChI=1S/C16H16ClN3O2S/c17-13-4-2-1-3-11(13)7-20-8-12(5-6-15(20)21)19-16(22)14-9-23-10-18-14/h1-6,8,14,18H,7,9-10H2,(H,19,22). The van der Waals surface area contributed by atoms with Crippen molar-refractivity contribution in [3.05, 3.63) is 63.5 Å². The number of carbonyl (C=O) groups is 1. The van der Waals surface area contributed by atoms with Gasteiger partial charge in [-0.15, -0.1) is 11.8 Å². The van der Waals surface area contributed by atoms with Gasteiger partial charge in [0.1, 0.15) is 0 Å². The molecule has 1 atom stereocenters. The molecule has 0 aliphatic carbocycles. The lowest BCUT2D eigenvalue weighted by Gasteiger charge is -2.13. The highest BCUT2D eigenvalue weighted by atomic mass is 35.5. The van der Waals surface area contributed by atoms with E-state index >= 15 is 0 Å². The minimum absolute atomic E-state index is 0.0852. The number of halogens is 1. The lowest BCUT2D eigenvalue weighted by atomic mass is 10.2. The van der Waals surface area contributed by atoms with Crippen LogP contribution in [0.2, 0.25) is 5.02 Å². The van der Waals surface area contributed by atoms with Crippen LogP contribution >= 0.6 is 23.4 Å². The number of hydrogen-bond donors (Lipinski definition) is 2. The first-order valence-corrected chi connectivity index (χ1v) is 8.72. The Labute approximate surface area is 143 Å². The Balaban J connectivity index is 1.77. The van der Waals surface area contributed by atoms with Crippen LogP contribution in [0.15, 0.2) is 47.4 Å². The van der Waals surface area contributed by atoms with Gasteiger partial charge in [0.25, 0.3) is 5.56 Å². The summed E-state index contributed by atoms with van der Waals surface area (Å²) >= 11 is 7.83. The summed E-state index contributed by atoms with van der Waals surface area (Å²) in [6.07, 6.45) is 1.64. The summed E-state index contributed by atoms with van der Waals surface area (Å²) in [5.74, 6) is 1.45. The average molecular weight is 350 g/mol. The van der Waals surface area contributed by atoms with E-state index in [4.69, 9.17) is 11.6 Å². The molecular formula is C16H16ClN3O2S. The van der Waals surface area contributed by atoms with Crippen LogP contribution in [0, 0.1) is 0 Å². The number of carbonyl (C=O) groups excluding carboxylic acids is 1. The number of pyridine rings is 1. The first-order chi connectivity index (χ1) is 11.1. The minimum atomic E-state index is -0.191. The molecule has 1 saturated heterocycles. The third-order valence-electron chi connectivity index (χ3n) is 3.58. The number of nitrogens with one attached hydrogen (secondary N) is 2. The Morgan fingerprint density at radius 3 is 2.91 bits per heavy atom. The molecule has 0 spiro atoms. The Hall–Kier alpha value is -1.76. The van der Waals surface area contributed by atoms with E-state index in [1.807, 2.05) is 18.2 Å². The molecule has 1 fully saturated rings. The Morgan fingerprint density at radius 1 is 1.35 bits per heavy atom. The summed E-state index contributed by atoms with van der Waals surface area (Å²) in [7, 11) is 0. The Bertz CT molecular complexity index is 772. The maximum Gasteiger partial charge on any atom is 0.250 e. The topological polar surface area (TPSA) is 63.1 Å². The normalized spacial score (nSPS) is 17.2. The van der Waals surface area contributed by atoms with E-state index in [-0.39, 0.29) is 17.5 Å². The van der Waals surface area contributed by atoms with Crippen molar-refractivity contribution < 1.29 is 4.79 Å². The molecule has 1 aromatic carbocycles. The fourth-order valence-corrected chi connectivity index (χ4v) is 3.47. The fourth-order valence-electron chi connectivity index (χ4n) is 2.33. The lowest BCUT2D eigenvalue weighted by Crippen LogP contribution is -2.37. The van der Waals surface area contributed by atoms with Crippen LogP contribution in [0.3, 0.4) is 0 Å². The molecule has 1 aromatic heterocycles. The Morgan fingerprint density at radius 2 is 2.17 bits per heavy atom. The van der Waals surface area contributed by atoms with Crippen LogP contribution in [0.4, 0.5) is 5.69 Å². The third-order valence-corrected chi connectivity index (χ3v) is 4.89. The lowest BCUT2D eigenvalue weighted by molar-refractivity contribution is -0.117. The number of amides is 1. The van der Waals surface area contributed by atoms with Gasteiger partial charge in [-0.1, -0.05) is 29.8 Å². The number of anilines is 1. The minimum Gasteiger partial charge on any atom is -0.323 e. The van der Waals surface area contributed by atoms with Crippen LogP contribution < -0.4 is 16.2 Å². The van der Waals surface area contributed by atoms with Crippen molar-refractivity contribution in [2.75, 3.05) is 16.9 Å². The highest BCUT2D eigenvalue weighted by Crippen LogP contribution is 2.16. The second-order valence-corrected chi connectivity index (χ2v) is 6.67. The van der Waals surface area contributed by atoms with E-state index in [1.54, 1.807) is 30.1 Å². The van der Waals surface area contributed by atoms with Gasteiger partial charge in [0.2, 0.25) is 5.91 Å². The van der Waals surface area contributed by atoms with Crippen molar-refractivity contribution in [1.29, 1.82) is 0 Å². The molecule has 7 heteroatoms. The number of benzene rings is 1. The van der Waals surface area contributed by atoms with E-state index in [2.05, 4.69) is 10.6 Å². The zero-order valence-electron chi connectivity index (χ0n) is 12.3. The predicted octanol–water partition coefficient (Wildman–Crippen LogP) is 2.15. The smallest absolute Gasteiger partial charge is 0.250 e. The molecule has 1 aliphatic heterocycles. The molecule has 0 saturated carbocycles. The van der Waals surface area contributed by atoms with Crippen LogP contribution in [-0.4, -0.2) is 28.1 Å². The molecule has 23 heavy (non-hydrogen) atoms. The fraction of sp³-hybridized carbons (Fsp3) is 0.250. The van der Waals surface area contributed by atoms with Crippen LogP contribution in [0.5, 0.6) is 0 Å². The second kappa shape index (κ2) is 7.21. The van der Waals surface area contributed by atoms with Crippen molar-refractivity contribution in [1.82, 2.24) is 9.88 Å². The first-order valence-electron chi connectivity index (χ1n) is 7.19. The van der Waals surface area contributed by atoms with Crippen molar-refractivity contribution >= 4 is 35.0 Å². The molecule has 1 amide bonds. The largest absolute Gasteiger partial charge is 0.323 e. The molecule has 0 radical (unpaired) electrons. The van der Waals surface area contributed by atoms with Gasteiger partial charge in [-0.05, 0) is 17.7 Å². The van der Waals surface area contributed by atoms with Gasteiger partial charge >= 0.3 is 0 Å². The summed E-state index contributed by atoms with van der Waals surface area (Å²) in [4.78, 5) is 24.1. The SMILES string of the molecule is O=C(Nc1ccc(=O)n(Cc2ccccc2Cl)c1)C1CSCN1. The predicted molar refractivity (Wildman–Crippen MR) is 94.1 cm³/mol. The quantitative estimate of drug-likeness (QED) is 0.887. The monoisotopic (exact) mass is 349 g/mol. The van der Waals surface area contributed by atoms with Gasteiger partial charge in [0, 0.05) is 28.9 Å². The molecule has 1 aliphatic rings. The highest BCUT2D eigenvalue weighted by molar-refractivity contribution is 7.99. The molecule has 0 bridgehead atoms. The van der Waals surface area contributed by atoms with E-state index in [9.17, 15) is 9.59 Å². The zero-order valence-corrected chi connectivity index (χ0v) is 13.9. The molecule has 2 N–H and O–H groups in total. The molecule has 2 heterocycles. The third kappa shape index (κ3) is 3.96. The second-order valence-electron chi connectivity index (χ2n) is 5.24. The number of aromatic nitrogens is 1. The van der Waals surface area contributed by atoms with Crippen LogP contribution in [0.25, 0.3) is 0 Å². The summed E-state index contributed by atoms with van der Waals surface area (Å²) in [5, 5.41) is 6.57. The Kier molecular flexibility index (Phi) is 5.05. The molecule has 3 rings (SSSR count). The molecule has 120 valence electrons. The number of rotatable bonds is 4. The summed E-state index contributed by atoms with van der Waals surface area (Å²) in [6.45, 7) is 0.361. The molecule has 2 aromatic rings. The van der Waals surface area contributed by atoms with Crippen LogP contribution in [0.1, 0.15) is 5.56 Å². The van der Waals surface area contributed by atoms with E-state index < -0.39 is 0 Å². The molecule has 1 unspecified atom stereocenters. The van der Waals surface area contributed by atoms with Crippen molar-refractivity contribution in [3.63, 3.8) is 0 Å². The van der Waals surface area contributed by atoms with Crippen molar-refractivity contribution in [3.8, 4) is 0 Å². The van der Waals surface area contributed by atoms with E-state index in [0.29, 0.717) is 17.3 Å². The maximum atomic E-state index is 12.1. The van der Waals surface area contributed by atoms with Gasteiger partial charge in [0.05, 0.1) is 18.3 Å². The van der Waals surface area contributed by atoms with Gasteiger partial charge < -0.3 is 9.88 Å². The number of hydrogen-bond acceptors (Lipinski definition) is 4. The van der Waals surface area contributed by atoms with Crippen LogP contribution in [-0.2, 0) is 11.3 Å². The van der Waals surface area contributed by atoms with Gasteiger partial charge in [-0.3, -0.25) is 14.9 Å². The first kappa shape index (κ1) is 16.1. The van der Waals surface area contributed by atoms with Crippen molar-refractivity contribution in [2.45, 2.75) is 12.6 Å². The number of thioether (sulfide) groups is 1. The molecular weight excluding hydrogens is 334 g/mol. The zero-order chi connectivity index (χ0) is 16.2.